The lowest BCUT2D eigenvalue weighted by Crippen LogP contribution is -2.09. The zero-order valence-corrected chi connectivity index (χ0v) is 9.53. The molecule has 1 aromatic rings. The van der Waals surface area contributed by atoms with Crippen LogP contribution in [0.5, 0.6) is 5.75 Å². The first-order valence-corrected chi connectivity index (χ1v) is 4.87. The Morgan fingerprint density at radius 2 is 2.12 bits per heavy atom. The van der Waals surface area contributed by atoms with Crippen molar-refractivity contribution in [2.45, 2.75) is 13.3 Å². The molecule has 1 rings (SSSR count). The molecule has 84 valence electrons. The molecule has 0 N–H and O–H groups in total. The molecular formula is C12H13NO3. The van der Waals surface area contributed by atoms with E-state index in [2.05, 4.69) is 4.74 Å². The molecule has 0 heterocycles. The van der Waals surface area contributed by atoms with Gasteiger partial charge in [-0.3, -0.25) is 0 Å². The molecule has 0 aromatic heterocycles. The second-order valence-electron chi connectivity index (χ2n) is 3.13. The van der Waals surface area contributed by atoms with Crippen LogP contribution in [0.1, 0.15) is 28.4 Å². The highest BCUT2D eigenvalue weighted by Gasteiger charge is 2.19. The van der Waals surface area contributed by atoms with E-state index in [1.807, 2.05) is 13.0 Å². The number of carbonyl (C=O) groups is 1. The van der Waals surface area contributed by atoms with E-state index in [4.69, 9.17) is 10.00 Å². The standard InChI is InChI=1S/C12H13NO3/c1-4-8-5-6-10(15-2)9(7-13)11(8)12(14)16-3/h5-6H,4H2,1-3H3. The minimum absolute atomic E-state index is 0.230. The summed E-state index contributed by atoms with van der Waals surface area (Å²) in [5.41, 5.74) is 1.31. The number of carbonyl (C=O) groups excluding carboxylic acids is 1. The van der Waals surface area contributed by atoms with Crippen LogP contribution in [0.2, 0.25) is 0 Å². The lowest BCUT2D eigenvalue weighted by atomic mass is 9.99. The number of ether oxygens (including phenoxy) is 2. The Balaban J connectivity index is 3.50. The first-order valence-electron chi connectivity index (χ1n) is 4.87. The van der Waals surface area contributed by atoms with Gasteiger partial charge in [-0.15, -0.1) is 0 Å². The maximum Gasteiger partial charge on any atom is 0.339 e. The molecule has 0 aliphatic carbocycles. The van der Waals surface area contributed by atoms with Gasteiger partial charge in [0.1, 0.15) is 17.4 Å². The van der Waals surface area contributed by atoms with Crippen molar-refractivity contribution in [3.8, 4) is 11.8 Å². The minimum Gasteiger partial charge on any atom is -0.495 e. The fourth-order valence-electron chi connectivity index (χ4n) is 1.54. The number of benzene rings is 1. The molecule has 0 bridgehead atoms. The van der Waals surface area contributed by atoms with Crippen molar-refractivity contribution in [3.05, 3.63) is 28.8 Å². The van der Waals surface area contributed by atoms with Gasteiger partial charge in [-0.25, -0.2) is 4.79 Å². The summed E-state index contributed by atoms with van der Waals surface area (Å²) in [5, 5.41) is 9.06. The number of nitrogens with zero attached hydrogens (tertiary/aromatic N) is 1. The molecule has 0 radical (unpaired) electrons. The normalized spacial score (nSPS) is 9.38. The van der Waals surface area contributed by atoms with E-state index < -0.39 is 5.97 Å². The van der Waals surface area contributed by atoms with Gasteiger partial charge < -0.3 is 9.47 Å². The van der Waals surface area contributed by atoms with E-state index in [1.165, 1.54) is 14.2 Å². The smallest absolute Gasteiger partial charge is 0.339 e. The zero-order valence-electron chi connectivity index (χ0n) is 9.53. The van der Waals surface area contributed by atoms with E-state index in [9.17, 15) is 4.79 Å². The van der Waals surface area contributed by atoms with Crippen LogP contribution in [0.4, 0.5) is 0 Å². The van der Waals surface area contributed by atoms with Crippen LogP contribution in [0.25, 0.3) is 0 Å². The van der Waals surface area contributed by atoms with Crippen LogP contribution >= 0.6 is 0 Å². The lowest BCUT2D eigenvalue weighted by molar-refractivity contribution is 0.0598. The number of esters is 1. The first kappa shape index (κ1) is 12.1. The van der Waals surface area contributed by atoms with Gasteiger partial charge in [0.05, 0.1) is 19.8 Å². The topological polar surface area (TPSA) is 59.3 Å². The summed E-state index contributed by atoms with van der Waals surface area (Å²) in [5.74, 6) is -0.118. The van der Waals surface area contributed by atoms with Crippen LogP contribution < -0.4 is 4.74 Å². The fourth-order valence-corrected chi connectivity index (χ4v) is 1.54. The highest BCUT2D eigenvalue weighted by Crippen LogP contribution is 2.25. The highest BCUT2D eigenvalue weighted by molar-refractivity contribution is 5.94. The van der Waals surface area contributed by atoms with Gasteiger partial charge >= 0.3 is 5.97 Å². The average Bonchev–Trinajstić information content (AvgIpc) is 2.35. The van der Waals surface area contributed by atoms with Crippen LogP contribution in [-0.4, -0.2) is 20.2 Å². The Bertz CT molecular complexity index is 446. The van der Waals surface area contributed by atoms with E-state index in [1.54, 1.807) is 12.1 Å². The SMILES string of the molecule is CCc1ccc(OC)c(C#N)c1C(=O)OC. The Kier molecular flexibility index (Phi) is 3.90. The Hall–Kier alpha value is -2.02. The van der Waals surface area contributed by atoms with Gasteiger partial charge in [-0.2, -0.15) is 5.26 Å². The van der Waals surface area contributed by atoms with Gasteiger partial charge in [0.15, 0.2) is 0 Å². The molecule has 0 spiro atoms. The van der Waals surface area contributed by atoms with Crippen LogP contribution in [0.3, 0.4) is 0 Å². The molecule has 0 atom stereocenters. The number of nitriles is 1. The van der Waals surface area contributed by atoms with Crippen LogP contribution in [0.15, 0.2) is 12.1 Å². The predicted octanol–water partition coefficient (Wildman–Crippen LogP) is 1.92. The molecule has 4 nitrogen and oxygen atoms in total. The van der Waals surface area contributed by atoms with Gasteiger partial charge in [-0.1, -0.05) is 13.0 Å². The number of aryl methyl sites for hydroxylation is 1. The van der Waals surface area contributed by atoms with Crippen LogP contribution in [-0.2, 0) is 11.2 Å². The molecular weight excluding hydrogens is 206 g/mol. The molecule has 16 heavy (non-hydrogen) atoms. The number of hydrogen-bond acceptors (Lipinski definition) is 4. The maximum absolute atomic E-state index is 11.6. The monoisotopic (exact) mass is 219 g/mol. The second kappa shape index (κ2) is 5.17. The van der Waals surface area contributed by atoms with E-state index in [-0.39, 0.29) is 5.56 Å². The number of rotatable bonds is 3. The van der Waals surface area contributed by atoms with Crippen molar-refractivity contribution in [2.24, 2.45) is 0 Å². The van der Waals surface area contributed by atoms with Crippen molar-refractivity contribution in [1.29, 1.82) is 5.26 Å². The summed E-state index contributed by atoms with van der Waals surface area (Å²) in [6, 6.07) is 5.43. The molecule has 0 unspecified atom stereocenters. The van der Waals surface area contributed by atoms with Crippen molar-refractivity contribution in [2.75, 3.05) is 14.2 Å². The largest absolute Gasteiger partial charge is 0.495 e. The van der Waals surface area contributed by atoms with Crippen LogP contribution in [0, 0.1) is 11.3 Å². The second-order valence-corrected chi connectivity index (χ2v) is 3.13. The van der Waals surface area contributed by atoms with E-state index in [0.717, 1.165) is 5.56 Å². The summed E-state index contributed by atoms with van der Waals surface area (Å²) in [4.78, 5) is 11.6. The minimum atomic E-state index is -0.507. The Labute approximate surface area is 94.4 Å². The van der Waals surface area contributed by atoms with Gasteiger partial charge in [0, 0.05) is 0 Å². The average molecular weight is 219 g/mol. The Morgan fingerprint density at radius 1 is 1.44 bits per heavy atom. The summed E-state index contributed by atoms with van der Waals surface area (Å²) < 4.78 is 9.72. The third kappa shape index (κ3) is 1.98. The number of methoxy groups -OCH3 is 2. The van der Waals surface area contributed by atoms with Gasteiger partial charge in [0.25, 0.3) is 0 Å². The molecule has 0 saturated carbocycles. The summed E-state index contributed by atoms with van der Waals surface area (Å²) >= 11 is 0. The zero-order chi connectivity index (χ0) is 12.1. The lowest BCUT2D eigenvalue weighted by Gasteiger charge is -2.11. The summed E-state index contributed by atoms with van der Waals surface area (Å²) in [6.07, 6.45) is 0.656. The molecule has 0 fully saturated rings. The predicted molar refractivity (Wildman–Crippen MR) is 58.4 cm³/mol. The van der Waals surface area contributed by atoms with E-state index in [0.29, 0.717) is 17.7 Å². The first-order chi connectivity index (χ1) is 7.69. The maximum atomic E-state index is 11.6. The van der Waals surface area contributed by atoms with Gasteiger partial charge in [0.2, 0.25) is 0 Å². The number of hydrogen-bond donors (Lipinski definition) is 0. The Morgan fingerprint density at radius 3 is 2.56 bits per heavy atom. The molecule has 4 heteroatoms. The summed E-state index contributed by atoms with van der Waals surface area (Å²) in [6.45, 7) is 1.91. The third-order valence-electron chi connectivity index (χ3n) is 2.36. The quantitative estimate of drug-likeness (QED) is 0.728. The third-order valence-corrected chi connectivity index (χ3v) is 2.36. The molecule has 1 aromatic carbocycles. The van der Waals surface area contributed by atoms with Crippen molar-refractivity contribution < 1.29 is 14.3 Å². The van der Waals surface area contributed by atoms with Crippen molar-refractivity contribution in [3.63, 3.8) is 0 Å². The molecule has 0 amide bonds. The van der Waals surface area contributed by atoms with Crippen molar-refractivity contribution in [1.82, 2.24) is 0 Å². The van der Waals surface area contributed by atoms with Crippen molar-refractivity contribution >= 4 is 5.97 Å². The molecule has 0 aliphatic heterocycles. The molecule has 0 saturated heterocycles. The van der Waals surface area contributed by atoms with Gasteiger partial charge in [-0.05, 0) is 18.1 Å². The van der Waals surface area contributed by atoms with E-state index >= 15 is 0 Å². The summed E-state index contributed by atoms with van der Waals surface area (Å²) in [7, 11) is 2.76. The fraction of sp³-hybridized carbons (Fsp3) is 0.333. The highest BCUT2D eigenvalue weighted by atomic mass is 16.5. The molecule has 0 aliphatic rings.